The van der Waals surface area contributed by atoms with E-state index in [1.54, 1.807) is 11.9 Å². The highest BCUT2D eigenvalue weighted by atomic mass is 35.5. The molecule has 1 aromatic rings. The number of aromatic nitrogens is 1. The smallest absolute Gasteiger partial charge is 0.255 e. The Hall–Kier alpha value is -1.82. The van der Waals surface area contributed by atoms with Gasteiger partial charge in [-0.3, -0.25) is 9.59 Å². The van der Waals surface area contributed by atoms with Gasteiger partial charge < -0.3 is 16.0 Å². The summed E-state index contributed by atoms with van der Waals surface area (Å²) in [5.41, 5.74) is 6.07. The number of nitrogens with zero attached hydrogens (tertiary/aromatic N) is 2. The van der Waals surface area contributed by atoms with Crippen molar-refractivity contribution in [2.45, 2.75) is 12.5 Å². The van der Waals surface area contributed by atoms with Gasteiger partial charge in [-0.1, -0.05) is 11.6 Å². The van der Waals surface area contributed by atoms with Gasteiger partial charge in [-0.15, -0.1) is 0 Å². The molecular weight excluding hydrogens is 256 g/mol. The highest BCUT2D eigenvalue weighted by Gasteiger charge is 2.30. The molecule has 2 amide bonds. The third-order valence-electron chi connectivity index (χ3n) is 2.84. The van der Waals surface area contributed by atoms with Crippen LogP contribution in [0.25, 0.3) is 0 Å². The second kappa shape index (κ2) is 4.81. The first-order valence-electron chi connectivity index (χ1n) is 5.46. The van der Waals surface area contributed by atoms with Crippen molar-refractivity contribution in [1.29, 1.82) is 0 Å². The molecule has 1 atom stereocenters. The maximum Gasteiger partial charge on any atom is 0.255 e. The number of nitrogens with two attached hydrogens (primary N) is 1. The average molecular weight is 269 g/mol. The average Bonchev–Trinajstić information content (AvgIpc) is 2.64. The molecule has 2 rings (SSSR count). The van der Waals surface area contributed by atoms with Crippen molar-refractivity contribution in [2.24, 2.45) is 0 Å². The predicted molar refractivity (Wildman–Crippen MR) is 67.2 cm³/mol. The number of hydrogen-bond donors (Lipinski definition) is 2. The van der Waals surface area contributed by atoms with Gasteiger partial charge in [0, 0.05) is 13.6 Å². The van der Waals surface area contributed by atoms with Gasteiger partial charge in [-0.2, -0.15) is 0 Å². The Kier molecular flexibility index (Phi) is 3.38. The molecular formula is C11H13ClN4O2. The number of likely N-dealkylation sites (tertiary alicyclic amines) is 1. The van der Waals surface area contributed by atoms with E-state index in [4.69, 9.17) is 17.3 Å². The molecule has 1 aliphatic heterocycles. The lowest BCUT2D eigenvalue weighted by Crippen LogP contribution is -2.40. The fourth-order valence-electron chi connectivity index (χ4n) is 1.82. The molecule has 0 spiro atoms. The number of anilines is 1. The van der Waals surface area contributed by atoms with Crippen molar-refractivity contribution in [3.05, 3.63) is 23.0 Å². The van der Waals surface area contributed by atoms with Gasteiger partial charge in [0.2, 0.25) is 5.91 Å². The normalized spacial score (nSPS) is 19.1. The minimum atomic E-state index is -0.500. The lowest BCUT2D eigenvalue weighted by Gasteiger charge is -2.12. The van der Waals surface area contributed by atoms with Crippen LogP contribution in [0.4, 0.5) is 5.69 Å². The number of rotatable bonds is 2. The number of pyridine rings is 1. The van der Waals surface area contributed by atoms with Crippen LogP contribution < -0.4 is 11.1 Å². The molecule has 0 aliphatic carbocycles. The first-order chi connectivity index (χ1) is 8.49. The fraction of sp³-hybridized carbons (Fsp3) is 0.364. The maximum atomic E-state index is 12.0. The fourth-order valence-corrected chi connectivity index (χ4v) is 2.00. The molecule has 1 fully saturated rings. The summed E-state index contributed by atoms with van der Waals surface area (Å²) >= 11 is 5.82. The molecule has 2 heterocycles. The summed E-state index contributed by atoms with van der Waals surface area (Å²) in [5.74, 6) is -0.537. The van der Waals surface area contributed by atoms with Crippen molar-refractivity contribution in [3.8, 4) is 0 Å². The summed E-state index contributed by atoms with van der Waals surface area (Å²) in [6.07, 6.45) is 1.96. The SMILES string of the molecule is CN1CCC(NC(=O)c2cc(N)cnc2Cl)C1=O. The van der Waals surface area contributed by atoms with Crippen LogP contribution in [-0.4, -0.2) is 41.3 Å². The Labute approximate surface area is 109 Å². The molecule has 0 aromatic carbocycles. The number of nitrogen functional groups attached to an aromatic ring is 1. The van der Waals surface area contributed by atoms with E-state index < -0.39 is 11.9 Å². The number of amides is 2. The van der Waals surface area contributed by atoms with Gasteiger partial charge in [-0.25, -0.2) is 4.98 Å². The molecule has 0 radical (unpaired) electrons. The molecule has 1 aliphatic rings. The van der Waals surface area contributed by atoms with Gasteiger partial charge in [-0.05, 0) is 12.5 Å². The van der Waals surface area contributed by atoms with Crippen LogP contribution >= 0.6 is 11.6 Å². The first kappa shape index (κ1) is 12.6. The van der Waals surface area contributed by atoms with Crippen LogP contribution in [0.1, 0.15) is 16.8 Å². The summed E-state index contributed by atoms with van der Waals surface area (Å²) in [7, 11) is 1.70. The third kappa shape index (κ3) is 2.38. The Bertz CT molecular complexity index is 506. The van der Waals surface area contributed by atoms with Crippen LogP contribution in [0.15, 0.2) is 12.3 Å². The minimum Gasteiger partial charge on any atom is -0.397 e. The summed E-state index contributed by atoms with van der Waals surface area (Å²) in [6.45, 7) is 0.632. The van der Waals surface area contributed by atoms with Crippen molar-refractivity contribution >= 4 is 29.1 Å². The zero-order chi connectivity index (χ0) is 13.3. The van der Waals surface area contributed by atoms with E-state index in [0.29, 0.717) is 18.7 Å². The number of carbonyl (C=O) groups is 2. The molecule has 18 heavy (non-hydrogen) atoms. The Morgan fingerprint density at radius 3 is 3.00 bits per heavy atom. The topological polar surface area (TPSA) is 88.3 Å². The Balaban J connectivity index is 2.13. The van der Waals surface area contributed by atoms with Gasteiger partial charge >= 0.3 is 0 Å². The van der Waals surface area contributed by atoms with E-state index in [-0.39, 0.29) is 16.6 Å². The van der Waals surface area contributed by atoms with Crippen LogP contribution in [0.2, 0.25) is 5.15 Å². The number of carbonyl (C=O) groups excluding carboxylic acids is 2. The number of halogens is 1. The van der Waals surface area contributed by atoms with Gasteiger partial charge in [0.15, 0.2) is 0 Å². The Morgan fingerprint density at radius 1 is 1.67 bits per heavy atom. The van der Waals surface area contributed by atoms with Gasteiger partial charge in [0.1, 0.15) is 11.2 Å². The standard InChI is InChI=1S/C11H13ClN4O2/c1-16-3-2-8(11(16)18)15-10(17)7-4-6(13)5-14-9(7)12/h4-5,8H,2-3,13H2,1H3,(H,15,17). The quantitative estimate of drug-likeness (QED) is 0.754. The van der Waals surface area contributed by atoms with Crippen molar-refractivity contribution in [1.82, 2.24) is 15.2 Å². The van der Waals surface area contributed by atoms with E-state index in [9.17, 15) is 9.59 Å². The highest BCUT2D eigenvalue weighted by Crippen LogP contribution is 2.16. The second-order valence-electron chi connectivity index (χ2n) is 4.18. The highest BCUT2D eigenvalue weighted by molar-refractivity contribution is 6.32. The first-order valence-corrected chi connectivity index (χ1v) is 5.83. The number of nitrogens with one attached hydrogen (secondary N) is 1. The lowest BCUT2D eigenvalue weighted by molar-refractivity contribution is -0.128. The summed E-state index contributed by atoms with van der Waals surface area (Å²) in [4.78, 5) is 29.0. The largest absolute Gasteiger partial charge is 0.397 e. The number of likely N-dealkylation sites (N-methyl/N-ethyl adjacent to an activating group) is 1. The van der Waals surface area contributed by atoms with Crippen molar-refractivity contribution in [3.63, 3.8) is 0 Å². The molecule has 1 unspecified atom stereocenters. The van der Waals surface area contributed by atoms with Crippen LogP contribution in [0.5, 0.6) is 0 Å². The molecule has 7 heteroatoms. The van der Waals surface area contributed by atoms with Crippen LogP contribution in [0, 0.1) is 0 Å². The minimum absolute atomic E-state index is 0.0699. The Morgan fingerprint density at radius 2 is 2.39 bits per heavy atom. The third-order valence-corrected chi connectivity index (χ3v) is 3.14. The van der Waals surface area contributed by atoms with Crippen molar-refractivity contribution < 1.29 is 9.59 Å². The monoisotopic (exact) mass is 268 g/mol. The van der Waals surface area contributed by atoms with Crippen LogP contribution in [-0.2, 0) is 4.79 Å². The predicted octanol–water partition coefficient (Wildman–Crippen LogP) is 0.278. The maximum absolute atomic E-state index is 12.0. The molecule has 6 nitrogen and oxygen atoms in total. The molecule has 1 saturated heterocycles. The second-order valence-corrected chi connectivity index (χ2v) is 4.54. The molecule has 1 aromatic heterocycles. The summed E-state index contributed by atoms with van der Waals surface area (Å²) < 4.78 is 0. The molecule has 0 bridgehead atoms. The van der Waals surface area contributed by atoms with Crippen LogP contribution in [0.3, 0.4) is 0 Å². The zero-order valence-electron chi connectivity index (χ0n) is 9.81. The van der Waals surface area contributed by atoms with Gasteiger partial charge in [0.05, 0.1) is 17.4 Å². The van der Waals surface area contributed by atoms with E-state index in [1.807, 2.05) is 0 Å². The van der Waals surface area contributed by atoms with E-state index in [1.165, 1.54) is 12.3 Å². The number of hydrogen-bond acceptors (Lipinski definition) is 4. The molecule has 0 saturated carbocycles. The van der Waals surface area contributed by atoms with Crippen molar-refractivity contribution in [2.75, 3.05) is 19.3 Å². The van der Waals surface area contributed by atoms with E-state index >= 15 is 0 Å². The summed E-state index contributed by atoms with van der Waals surface area (Å²) in [6, 6.07) is 0.938. The van der Waals surface area contributed by atoms with Gasteiger partial charge in [0.25, 0.3) is 5.91 Å². The lowest BCUT2D eigenvalue weighted by atomic mass is 10.2. The molecule has 3 N–H and O–H groups in total. The summed E-state index contributed by atoms with van der Waals surface area (Å²) in [5, 5.41) is 2.70. The van der Waals surface area contributed by atoms with E-state index in [0.717, 1.165) is 0 Å². The zero-order valence-corrected chi connectivity index (χ0v) is 10.6. The molecule has 96 valence electrons. The van der Waals surface area contributed by atoms with E-state index in [2.05, 4.69) is 10.3 Å².